The molecule has 0 aromatic rings. The SMILES string of the molecule is CCCN=C(N)NCCS(=O)(=O)NCC1CCCCO1. The van der Waals surface area contributed by atoms with Gasteiger partial charge in [-0.05, 0) is 25.7 Å². The zero-order valence-corrected chi connectivity index (χ0v) is 12.9. The van der Waals surface area contributed by atoms with E-state index in [9.17, 15) is 8.42 Å². The van der Waals surface area contributed by atoms with Gasteiger partial charge >= 0.3 is 0 Å². The summed E-state index contributed by atoms with van der Waals surface area (Å²) in [6.45, 7) is 3.96. The monoisotopic (exact) mass is 306 g/mol. The summed E-state index contributed by atoms with van der Waals surface area (Å²) in [5, 5.41) is 2.79. The van der Waals surface area contributed by atoms with Gasteiger partial charge in [-0.25, -0.2) is 13.1 Å². The first-order valence-corrected chi connectivity index (χ1v) is 8.81. The lowest BCUT2D eigenvalue weighted by Gasteiger charge is -2.22. The van der Waals surface area contributed by atoms with E-state index >= 15 is 0 Å². The lowest BCUT2D eigenvalue weighted by molar-refractivity contribution is 0.0200. The Kier molecular flexibility index (Phi) is 7.86. The van der Waals surface area contributed by atoms with Crippen molar-refractivity contribution in [3.05, 3.63) is 0 Å². The van der Waals surface area contributed by atoms with Crippen LogP contribution in [0.15, 0.2) is 4.99 Å². The van der Waals surface area contributed by atoms with Crippen LogP contribution in [0.1, 0.15) is 32.6 Å². The fourth-order valence-corrected chi connectivity index (χ4v) is 2.82. The van der Waals surface area contributed by atoms with Crippen molar-refractivity contribution in [3.63, 3.8) is 0 Å². The maximum absolute atomic E-state index is 11.8. The average molecular weight is 306 g/mol. The lowest BCUT2D eigenvalue weighted by atomic mass is 10.1. The van der Waals surface area contributed by atoms with Crippen molar-refractivity contribution >= 4 is 16.0 Å². The molecule has 0 aliphatic carbocycles. The number of nitrogens with one attached hydrogen (secondary N) is 2. The van der Waals surface area contributed by atoms with Crippen LogP contribution in [0.3, 0.4) is 0 Å². The van der Waals surface area contributed by atoms with Crippen LogP contribution in [0.4, 0.5) is 0 Å². The molecule has 20 heavy (non-hydrogen) atoms. The Hall–Kier alpha value is -0.860. The number of guanidine groups is 1. The molecule has 1 aliphatic rings. The molecule has 1 atom stereocenters. The lowest BCUT2D eigenvalue weighted by Crippen LogP contribution is -2.40. The molecule has 0 saturated carbocycles. The minimum Gasteiger partial charge on any atom is -0.377 e. The van der Waals surface area contributed by atoms with Crippen molar-refractivity contribution in [2.75, 3.05) is 32.0 Å². The third-order valence-electron chi connectivity index (χ3n) is 2.99. The molecule has 8 heteroatoms. The number of hydrogen-bond acceptors (Lipinski definition) is 4. The van der Waals surface area contributed by atoms with Gasteiger partial charge < -0.3 is 15.8 Å². The van der Waals surface area contributed by atoms with E-state index in [1.54, 1.807) is 0 Å². The maximum Gasteiger partial charge on any atom is 0.213 e. The number of sulfonamides is 1. The molecule has 1 aliphatic heterocycles. The molecule has 0 aromatic carbocycles. The smallest absolute Gasteiger partial charge is 0.213 e. The van der Waals surface area contributed by atoms with E-state index in [0.717, 1.165) is 32.3 Å². The standard InChI is InChI=1S/C12H26N4O3S/c1-2-6-14-12(13)15-7-9-20(17,18)16-10-11-5-3-4-8-19-11/h11,16H,2-10H2,1H3,(H3,13,14,15). The molecule has 1 rings (SSSR count). The number of ether oxygens (including phenoxy) is 1. The van der Waals surface area contributed by atoms with Crippen LogP contribution in [-0.4, -0.2) is 52.5 Å². The highest BCUT2D eigenvalue weighted by molar-refractivity contribution is 7.89. The Labute approximate surface area is 121 Å². The summed E-state index contributed by atoms with van der Waals surface area (Å²) in [5.41, 5.74) is 5.58. The fourth-order valence-electron chi connectivity index (χ4n) is 1.86. The van der Waals surface area contributed by atoms with E-state index in [2.05, 4.69) is 15.0 Å². The Morgan fingerprint density at radius 3 is 2.90 bits per heavy atom. The highest BCUT2D eigenvalue weighted by atomic mass is 32.2. The molecule has 1 unspecified atom stereocenters. The molecule has 1 saturated heterocycles. The first kappa shape index (κ1) is 17.2. The molecule has 1 fully saturated rings. The molecule has 0 amide bonds. The summed E-state index contributed by atoms with van der Waals surface area (Å²) in [4.78, 5) is 4.03. The van der Waals surface area contributed by atoms with Crippen LogP contribution in [-0.2, 0) is 14.8 Å². The van der Waals surface area contributed by atoms with E-state index < -0.39 is 10.0 Å². The van der Waals surface area contributed by atoms with Gasteiger partial charge in [0.25, 0.3) is 0 Å². The fraction of sp³-hybridized carbons (Fsp3) is 0.917. The van der Waals surface area contributed by atoms with Crippen LogP contribution in [0, 0.1) is 0 Å². The van der Waals surface area contributed by atoms with E-state index in [1.165, 1.54) is 0 Å². The van der Waals surface area contributed by atoms with Crippen molar-refractivity contribution in [2.45, 2.75) is 38.7 Å². The largest absolute Gasteiger partial charge is 0.377 e. The second-order valence-electron chi connectivity index (χ2n) is 4.85. The van der Waals surface area contributed by atoms with Gasteiger partial charge in [0, 0.05) is 26.2 Å². The van der Waals surface area contributed by atoms with Crippen LogP contribution in [0.5, 0.6) is 0 Å². The third kappa shape index (κ3) is 7.66. The minimum atomic E-state index is -3.30. The van der Waals surface area contributed by atoms with Gasteiger partial charge in [-0.3, -0.25) is 4.99 Å². The highest BCUT2D eigenvalue weighted by Gasteiger charge is 2.17. The molecule has 1 heterocycles. The number of rotatable bonds is 8. The summed E-state index contributed by atoms with van der Waals surface area (Å²) in [6, 6.07) is 0. The molecule has 7 nitrogen and oxygen atoms in total. The predicted octanol–water partition coefficient (Wildman–Crippen LogP) is -0.211. The highest BCUT2D eigenvalue weighted by Crippen LogP contribution is 2.11. The topological polar surface area (TPSA) is 106 Å². The van der Waals surface area contributed by atoms with Crippen molar-refractivity contribution in [3.8, 4) is 0 Å². The summed E-state index contributed by atoms with van der Waals surface area (Å²) >= 11 is 0. The predicted molar refractivity (Wildman–Crippen MR) is 80.2 cm³/mol. The van der Waals surface area contributed by atoms with Crippen LogP contribution in [0.25, 0.3) is 0 Å². The molecule has 4 N–H and O–H groups in total. The summed E-state index contributed by atoms with van der Waals surface area (Å²) < 4.78 is 31.6. The first-order chi connectivity index (χ1) is 9.53. The molecule has 0 radical (unpaired) electrons. The van der Waals surface area contributed by atoms with Crippen molar-refractivity contribution in [1.29, 1.82) is 0 Å². The molecule has 0 bridgehead atoms. The van der Waals surface area contributed by atoms with Gasteiger partial charge in [-0.1, -0.05) is 6.92 Å². The van der Waals surface area contributed by atoms with E-state index in [4.69, 9.17) is 10.5 Å². The minimum absolute atomic E-state index is 0.00247. The van der Waals surface area contributed by atoms with Crippen molar-refractivity contribution < 1.29 is 13.2 Å². The molecular formula is C12H26N4O3S. The molecule has 0 aromatic heterocycles. The van der Waals surface area contributed by atoms with Gasteiger partial charge in [0.2, 0.25) is 10.0 Å². The number of nitrogens with two attached hydrogens (primary N) is 1. The Morgan fingerprint density at radius 2 is 2.25 bits per heavy atom. The van der Waals surface area contributed by atoms with Crippen LogP contribution in [0.2, 0.25) is 0 Å². The molecule has 118 valence electrons. The van der Waals surface area contributed by atoms with Crippen LogP contribution >= 0.6 is 0 Å². The summed E-state index contributed by atoms with van der Waals surface area (Å²) in [6.07, 6.45) is 3.98. The average Bonchev–Trinajstić information content (AvgIpc) is 2.44. The Bertz CT molecular complexity index is 392. The normalized spacial score (nSPS) is 20.9. The zero-order valence-electron chi connectivity index (χ0n) is 12.1. The van der Waals surface area contributed by atoms with E-state index in [-0.39, 0.29) is 24.4 Å². The number of nitrogens with zero attached hydrogens (tertiary/aromatic N) is 1. The van der Waals surface area contributed by atoms with Gasteiger partial charge in [0.1, 0.15) is 0 Å². The summed E-state index contributed by atoms with van der Waals surface area (Å²) in [5.74, 6) is 0.264. The van der Waals surface area contributed by atoms with Crippen molar-refractivity contribution in [1.82, 2.24) is 10.0 Å². The number of hydrogen-bond donors (Lipinski definition) is 3. The molecule has 0 spiro atoms. The summed E-state index contributed by atoms with van der Waals surface area (Å²) in [7, 11) is -3.30. The van der Waals surface area contributed by atoms with Crippen LogP contribution < -0.4 is 15.8 Å². The maximum atomic E-state index is 11.8. The van der Waals surface area contributed by atoms with Gasteiger partial charge in [0.15, 0.2) is 5.96 Å². The second-order valence-corrected chi connectivity index (χ2v) is 6.78. The Morgan fingerprint density at radius 1 is 1.45 bits per heavy atom. The first-order valence-electron chi connectivity index (χ1n) is 7.16. The molecular weight excluding hydrogens is 280 g/mol. The van der Waals surface area contributed by atoms with E-state index in [0.29, 0.717) is 13.1 Å². The third-order valence-corrected chi connectivity index (χ3v) is 4.34. The van der Waals surface area contributed by atoms with Crippen molar-refractivity contribution in [2.24, 2.45) is 10.7 Å². The van der Waals surface area contributed by atoms with Gasteiger partial charge in [0.05, 0.1) is 11.9 Å². The van der Waals surface area contributed by atoms with Gasteiger partial charge in [-0.2, -0.15) is 0 Å². The van der Waals surface area contributed by atoms with E-state index in [1.807, 2.05) is 6.92 Å². The second kappa shape index (κ2) is 9.15. The van der Waals surface area contributed by atoms with Gasteiger partial charge in [-0.15, -0.1) is 0 Å². The number of aliphatic imine (C=N–C) groups is 1. The Balaban J connectivity index is 2.20. The quantitative estimate of drug-likeness (QED) is 0.425. The zero-order chi connectivity index (χ0) is 14.8.